The van der Waals surface area contributed by atoms with Crippen molar-refractivity contribution in [1.29, 1.82) is 0 Å². The number of amides is 2. The van der Waals surface area contributed by atoms with Crippen LogP contribution < -0.4 is 10.2 Å². The minimum atomic E-state index is -0.743. The van der Waals surface area contributed by atoms with Crippen LogP contribution in [0.25, 0.3) is 10.6 Å². The van der Waals surface area contributed by atoms with Gasteiger partial charge in [0.25, 0.3) is 5.91 Å². The highest BCUT2D eigenvalue weighted by Gasteiger charge is 2.53. The average Bonchev–Trinajstić information content (AvgIpc) is 3.56. The van der Waals surface area contributed by atoms with E-state index >= 15 is 0 Å². The SMILES string of the molecule is O=C(N[C@H](C(=O)N1C[C@H](Cl)[C@H]2OCC(=O)[C@H]21)C1CCCCC1)c1ccc(-c2ccc[n+]([O-])n2)s1. The molecule has 2 aromatic rings. The van der Waals surface area contributed by atoms with Crippen molar-refractivity contribution < 1.29 is 24.0 Å². The van der Waals surface area contributed by atoms with Gasteiger partial charge in [-0.15, -0.1) is 22.9 Å². The van der Waals surface area contributed by atoms with Gasteiger partial charge in [-0.3, -0.25) is 14.4 Å². The summed E-state index contributed by atoms with van der Waals surface area (Å²) in [5.74, 6) is -0.793. The Hall–Kier alpha value is -2.56. The molecule has 3 aliphatic rings. The van der Waals surface area contributed by atoms with Crippen molar-refractivity contribution in [2.24, 2.45) is 5.92 Å². The smallest absolute Gasteiger partial charge is 0.262 e. The fourth-order valence-corrected chi connectivity index (χ4v) is 6.41. The number of ketones is 1. The summed E-state index contributed by atoms with van der Waals surface area (Å²) in [5.41, 5.74) is 0.470. The predicted octanol–water partition coefficient (Wildman–Crippen LogP) is 1.91. The summed E-state index contributed by atoms with van der Waals surface area (Å²) in [7, 11) is 0. The lowest BCUT2D eigenvalue weighted by atomic mass is 9.83. The molecule has 1 aliphatic carbocycles. The molecule has 9 nitrogen and oxygen atoms in total. The van der Waals surface area contributed by atoms with Crippen LogP contribution >= 0.6 is 22.9 Å². The van der Waals surface area contributed by atoms with Crippen molar-refractivity contribution in [3.05, 3.63) is 40.5 Å². The lowest BCUT2D eigenvalue weighted by Crippen LogP contribution is -2.55. The largest absolute Gasteiger partial charge is 0.594 e. The number of thiophene rings is 1. The van der Waals surface area contributed by atoms with Gasteiger partial charge in [-0.2, -0.15) is 0 Å². The van der Waals surface area contributed by atoms with Gasteiger partial charge in [-0.05, 0) is 37.0 Å². The zero-order chi connectivity index (χ0) is 23.8. The second kappa shape index (κ2) is 9.59. The topological polar surface area (TPSA) is 116 Å². The van der Waals surface area contributed by atoms with E-state index < -0.39 is 23.6 Å². The molecule has 2 amide bonds. The number of rotatable bonds is 5. The number of fused-ring (bicyclic) bond motifs is 1. The van der Waals surface area contributed by atoms with E-state index in [-0.39, 0.29) is 36.7 Å². The van der Waals surface area contributed by atoms with Gasteiger partial charge in [0.15, 0.2) is 5.78 Å². The summed E-state index contributed by atoms with van der Waals surface area (Å²) in [6.45, 7) is 0.177. The van der Waals surface area contributed by atoms with Crippen LogP contribution in [0.4, 0.5) is 0 Å². The van der Waals surface area contributed by atoms with Crippen LogP contribution in [-0.2, 0) is 14.3 Å². The Kier molecular flexibility index (Phi) is 6.54. The molecule has 4 heterocycles. The molecule has 3 fully saturated rings. The minimum absolute atomic E-state index is 0.00917. The summed E-state index contributed by atoms with van der Waals surface area (Å²) < 4.78 is 5.52. The Morgan fingerprint density at radius 2 is 2.06 bits per heavy atom. The maximum absolute atomic E-state index is 13.7. The van der Waals surface area contributed by atoms with Gasteiger partial charge in [-0.1, -0.05) is 24.1 Å². The first kappa shape index (κ1) is 23.2. The fraction of sp³-hybridized carbons (Fsp3) is 0.522. The molecule has 180 valence electrons. The molecule has 4 atom stereocenters. The van der Waals surface area contributed by atoms with Crippen LogP contribution in [0.3, 0.4) is 0 Å². The molecule has 2 saturated heterocycles. The summed E-state index contributed by atoms with van der Waals surface area (Å²) >= 11 is 7.60. The van der Waals surface area contributed by atoms with Gasteiger partial charge in [0.2, 0.25) is 12.1 Å². The quantitative estimate of drug-likeness (QED) is 0.378. The fourth-order valence-electron chi connectivity index (χ4n) is 5.17. The molecule has 2 aliphatic heterocycles. The number of Topliss-reactive ketones (excluding diaryl/α,β-unsaturated/α-hetero) is 1. The second-order valence-electron chi connectivity index (χ2n) is 9.00. The maximum atomic E-state index is 13.7. The van der Waals surface area contributed by atoms with Gasteiger partial charge in [0, 0.05) is 17.7 Å². The molecular weight excluding hydrogens is 480 g/mol. The molecule has 11 heteroatoms. The van der Waals surface area contributed by atoms with E-state index in [2.05, 4.69) is 10.4 Å². The highest BCUT2D eigenvalue weighted by Crippen LogP contribution is 2.34. The molecule has 0 aromatic carbocycles. The first-order chi connectivity index (χ1) is 16.4. The predicted molar refractivity (Wildman–Crippen MR) is 124 cm³/mol. The number of aromatic nitrogens is 2. The van der Waals surface area contributed by atoms with Gasteiger partial charge in [-0.25, -0.2) is 0 Å². The van der Waals surface area contributed by atoms with Crippen molar-refractivity contribution in [2.45, 2.75) is 55.7 Å². The lowest BCUT2D eigenvalue weighted by Gasteiger charge is -2.34. The Morgan fingerprint density at radius 1 is 1.26 bits per heavy atom. The molecule has 0 spiro atoms. The van der Waals surface area contributed by atoms with E-state index in [0.29, 0.717) is 20.3 Å². The number of alkyl halides is 1. The van der Waals surface area contributed by atoms with Gasteiger partial charge in [0.05, 0.1) is 15.1 Å². The van der Waals surface area contributed by atoms with E-state index in [4.69, 9.17) is 16.3 Å². The van der Waals surface area contributed by atoms with Crippen molar-refractivity contribution in [1.82, 2.24) is 15.3 Å². The zero-order valence-electron chi connectivity index (χ0n) is 18.4. The highest BCUT2D eigenvalue weighted by atomic mass is 35.5. The van der Waals surface area contributed by atoms with Crippen LogP contribution in [0.15, 0.2) is 30.5 Å². The van der Waals surface area contributed by atoms with Crippen LogP contribution in [0.5, 0.6) is 0 Å². The maximum Gasteiger partial charge on any atom is 0.262 e. The van der Waals surface area contributed by atoms with Crippen molar-refractivity contribution in [3.8, 4) is 10.6 Å². The number of carbonyl (C=O) groups excluding carboxylic acids is 3. The summed E-state index contributed by atoms with van der Waals surface area (Å²) in [5, 5.41) is 17.9. The first-order valence-electron chi connectivity index (χ1n) is 11.5. The average molecular weight is 505 g/mol. The molecule has 0 unspecified atom stereocenters. The first-order valence-corrected chi connectivity index (χ1v) is 12.7. The Morgan fingerprint density at radius 3 is 2.82 bits per heavy atom. The van der Waals surface area contributed by atoms with Gasteiger partial charge < -0.3 is 20.2 Å². The van der Waals surface area contributed by atoms with Crippen molar-refractivity contribution >= 4 is 40.5 Å². The molecule has 1 saturated carbocycles. The third-order valence-corrected chi connectivity index (χ3v) is 8.33. The summed E-state index contributed by atoms with van der Waals surface area (Å²) in [6, 6.07) is 5.26. The molecule has 2 aromatic heterocycles. The molecule has 0 bridgehead atoms. The Balaban J connectivity index is 1.37. The van der Waals surface area contributed by atoms with E-state index in [9.17, 15) is 19.6 Å². The number of carbonyl (C=O) groups is 3. The highest BCUT2D eigenvalue weighted by molar-refractivity contribution is 7.17. The molecule has 34 heavy (non-hydrogen) atoms. The third-order valence-electron chi connectivity index (χ3n) is 6.84. The minimum Gasteiger partial charge on any atom is -0.594 e. The van der Waals surface area contributed by atoms with Gasteiger partial charge in [0.1, 0.15) is 30.5 Å². The summed E-state index contributed by atoms with van der Waals surface area (Å²) in [6.07, 6.45) is 5.56. The normalized spacial score (nSPS) is 25.9. The molecule has 0 radical (unpaired) electrons. The molecule has 1 N–H and O–H groups in total. The third kappa shape index (κ3) is 4.42. The number of nitrogens with one attached hydrogen (secondary N) is 1. The number of hydrogen-bond acceptors (Lipinski definition) is 7. The monoisotopic (exact) mass is 504 g/mol. The second-order valence-corrected chi connectivity index (χ2v) is 10.6. The van der Waals surface area contributed by atoms with Crippen LogP contribution in [0, 0.1) is 11.1 Å². The summed E-state index contributed by atoms with van der Waals surface area (Å²) in [4.78, 5) is 42.4. The van der Waals surface area contributed by atoms with Crippen LogP contribution in [0.1, 0.15) is 41.8 Å². The number of hydrogen-bond donors (Lipinski definition) is 1. The number of nitrogens with zero attached hydrogens (tertiary/aromatic N) is 3. The van der Waals surface area contributed by atoms with E-state index in [1.165, 1.54) is 22.4 Å². The van der Waals surface area contributed by atoms with Crippen molar-refractivity contribution in [3.63, 3.8) is 0 Å². The standard InChI is InChI=1S/C23H25ClN4O5S/c24-14-11-27(20-16(29)12-33-21(14)20)23(31)19(13-5-2-1-3-6-13)25-22(30)18-9-8-17(34-18)15-7-4-10-28(32)26-15/h4,7-10,13-14,19-21H,1-3,5-6,11-12H2,(H,25,30)/t14-,19-,20+,21+/m0/s1. The van der Waals surface area contributed by atoms with E-state index in [1.807, 2.05) is 0 Å². The van der Waals surface area contributed by atoms with E-state index in [0.717, 1.165) is 32.1 Å². The molecular formula is C23H25ClN4O5S. The van der Waals surface area contributed by atoms with Crippen LogP contribution in [0.2, 0.25) is 0 Å². The number of ether oxygens (including phenoxy) is 1. The van der Waals surface area contributed by atoms with Crippen molar-refractivity contribution in [2.75, 3.05) is 13.2 Å². The number of halogens is 1. The van der Waals surface area contributed by atoms with E-state index in [1.54, 1.807) is 24.3 Å². The Labute approximate surface area is 205 Å². The number of likely N-dealkylation sites (tertiary alicyclic amines) is 1. The molecule has 5 rings (SSSR count). The van der Waals surface area contributed by atoms with Crippen LogP contribution in [-0.4, -0.2) is 64.3 Å². The lowest BCUT2D eigenvalue weighted by molar-refractivity contribution is -0.668. The Bertz CT molecular complexity index is 1100. The zero-order valence-corrected chi connectivity index (χ0v) is 20.0. The van der Waals surface area contributed by atoms with Gasteiger partial charge >= 0.3 is 0 Å².